The van der Waals surface area contributed by atoms with Crippen LogP contribution in [-0.4, -0.2) is 33.2 Å². The van der Waals surface area contributed by atoms with E-state index in [1.165, 1.54) is 6.92 Å². The predicted octanol–water partition coefficient (Wildman–Crippen LogP) is 3.61. The van der Waals surface area contributed by atoms with Gasteiger partial charge < -0.3 is 9.47 Å². The Bertz CT molecular complexity index is 1120. The molecule has 0 radical (unpaired) electrons. The van der Waals surface area contributed by atoms with E-state index in [1.807, 2.05) is 66.3 Å². The van der Waals surface area contributed by atoms with Gasteiger partial charge in [0.15, 0.2) is 11.5 Å². The van der Waals surface area contributed by atoms with Crippen LogP contribution in [0.25, 0.3) is 5.69 Å². The molecule has 3 aromatic rings. The molecule has 0 N–H and O–H groups in total. The fraction of sp³-hybridized carbons (Fsp3) is 0.227. The smallest absolute Gasteiger partial charge is 0.240 e. The number of carbonyl (C=O) groups excluding carboxylic acids is 1. The van der Waals surface area contributed by atoms with Gasteiger partial charge in [-0.1, -0.05) is 18.2 Å². The molecule has 0 spiro atoms. The van der Waals surface area contributed by atoms with Crippen LogP contribution in [0.5, 0.6) is 11.5 Å². The number of amides is 1. The summed E-state index contributed by atoms with van der Waals surface area (Å²) in [5, 5.41) is 10.8. The van der Waals surface area contributed by atoms with Crippen LogP contribution in [0.1, 0.15) is 36.2 Å². The first kappa shape index (κ1) is 17.5. The average molecular weight is 388 g/mol. The van der Waals surface area contributed by atoms with Crippen molar-refractivity contribution in [1.82, 2.24) is 14.8 Å². The number of aromatic nitrogens is 2. The number of rotatable bonds is 3. The number of nitrogens with zero attached hydrogens (tertiary/aromatic N) is 4. The maximum absolute atomic E-state index is 12.3. The Morgan fingerprint density at radius 2 is 1.90 bits per heavy atom. The molecule has 2 aliphatic rings. The summed E-state index contributed by atoms with van der Waals surface area (Å²) in [6.07, 6.45) is 2.60. The normalized spacial score (nSPS) is 17.5. The van der Waals surface area contributed by atoms with Gasteiger partial charge >= 0.3 is 0 Å². The van der Waals surface area contributed by atoms with Crippen molar-refractivity contribution >= 4 is 11.6 Å². The van der Waals surface area contributed by atoms with Crippen molar-refractivity contribution in [2.45, 2.75) is 26.3 Å². The van der Waals surface area contributed by atoms with E-state index in [9.17, 15) is 4.79 Å². The van der Waals surface area contributed by atoms with Gasteiger partial charge in [-0.25, -0.2) is 9.69 Å². The van der Waals surface area contributed by atoms with Crippen molar-refractivity contribution < 1.29 is 14.3 Å². The number of aryl methyl sites for hydroxylation is 1. The van der Waals surface area contributed by atoms with Gasteiger partial charge in [0, 0.05) is 30.7 Å². The van der Waals surface area contributed by atoms with E-state index in [4.69, 9.17) is 9.47 Å². The number of hydrazone groups is 1. The summed E-state index contributed by atoms with van der Waals surface area (Å²) in [5.41, 5.74) is 4.62. The zero-order valence-electron chi connectivity index (χ0n) is 16.2. The Morgan fingerprint density at radius 3 is 2.69 bits per heavy atom. The Balaban J connectivity index is 1.49. The maximum atomic E-state index is 12.3. The minimum atomic E-state index is -0.189. The van der Waals surface area contributed by atoms with Gasteiger partial charge in [0.2, 0.25) is 12.7 Å². The van der Waals surface area contributed by atoms with E-state index in [0.717, 1.165) is 34.0 Å². The average Bonchev–Trinajstić information content (AvgIpc) is 3.45. The molecule has 2 aromatic carbocycles. The highest BCUT2D eigenvalue weighted by Crippen LogP contribution is 2.37. The quantitative estimate of drug-likeness (QED) is 0.687. The molecular weight excluding hydrogens is 368 g/mol. The summed E-state index contributed by atoms with van der Waals surface area (Å²) < 4.78 is 12.7. The molecule has 1 aromatic heterocycles. The van der Waals surface area contributed by atoms with Gasteiger partial charge in [-0.15, -0.1) is 0 Å². The molecular formula is C22H20N4O3. The lowest BCUT2D eigenvalue weighted by atomic mass is 9.98. The lowest BCUT2D eigenvalue weighted by Crippen LogP contribution is -2.24. The second-order valence-electron chi connectivity index (χ2n) is 7.15. The summed E-state index contributed by atoms with van der Waals surface area (Å²) in [5.74, 6) is 1.33. The Kier molecular flexibility index (Phi) is 4.08. The zero-order valence-corrected chi connectivity index (χ0v) is 16.2. The van der Waals surface area contributed by atoms with Crippen LogP contribution in [0.4, 0.5) is 0 Å². The molecule has 0 bridgehead atoms. The van der Waals surface area contributed by atoms with Gasteiger partial charge in [-0.2, -0.15) is 10.2 Å². The van der Waals surface area contributed by atoms with Gasteiger partial charge in [-0.05, 0) is 37.3 Å². The van der Waals surface area contributed by atoms with Crippen molar-refractivity contribution in [2.75, 3.05) is 6.79 Å². The minimum absolute atomic E-state index is 0.0994. The highest BCUT2D eigenvalue weighted by Gasteiger charge is 2.34. The van der Waals surface area contributed by atoms with Crippen molar-refractivity contribution in [2.24, 2.45) is 5.10 Å². The standard InChI is InChI=1S/C22H20N4O3/c1-14-18(12-25(23-14)17-6-4-3-5-7-17)20-11-19(24-26(20)15(2)27)16-8-9-21-22(10-16)29-13-28-21/h3-10,12,20H,11,13H2,1-2H3/t20-/m0/s1. The number of hydrogen-bond acceptors (Lipinski definition) is 5. The third kappa shape index (κ3) is 3.04. The number of para-hydroxylation sites is 1. The van der Waals surface area contributed by atoms with Crippen LogP contribution < -0.4 is 9.47 Å². The van der Waals surface area contributed by atoms with E-state index in [2.05, 4.69) is 10.2 Å². The third-order valence-corrected chi connectivity index (χ3v) is 5.26. The van der Waals surface area contributed by atoms with Crippen molar-refractivity contribution in [3.8, 4) is 17.2 Å². The molecule has 146 valence electrons. The maximum Gasteiger partial charge on any atom is 0.240 e. The second kappa shape index (κ2) is 6.77. The number of ether oxygens (including phenoxy) is 2. The van der Waals surface area contributed by atoms with Crippen LogP contribution in [0.2, 0.25) is 0 Å². The molecule has 5 rings (SSSR count). The van der Waals surface area contributed by atoms with Crippen LogP contribution in [0.3, 0.4) is 0 Å². The van der Waals surface area contributed by atoms with E-state index in [1.54, 1.807) is 5.01 Å². The minimum Gasteiger partial charge on any atom is -0.454 e. The van der Waals surface area contributed by atoms with Gasteiger partial charge in [0.1, 0.15) is 0 Å². The monoisotopic (exact) mass is 388 g/mol. The molecule has 0 saturated heterocycles. The summed E-state index contributed by atoms with van der Waals surface area (Å²) >= 11 is 0. The van der Waals surface area contributed by atoms with Gasteiger partial charge in [0.05, 0.1) is 23.1 Å². The molecule has 0 aliphatic carbocycles. The molecule has 2 aliphatic heterocycles. The first-order valence-electron chi connectivity index (χ1n) is 9.49. The molecule has 3 heterocycles. The van der Waals surface area contributed by atoms with Gasteiger partial charge in [-0.3, -0.25) is 4.79 Å². The molecule has 0 fully saturated rings. The molecule has 0 saturated carbocycles. The lowest BCUT2D eigenvalue weighted by molar-refractivity contribution is -0.130. The van der Waals surface area contributed by atoms with Gasteiger partial charge in [0.25, 0.3) is 0 Å². The molecule has 7 nitrogen and oxygen atoms in total. The van der Waals surface area contributed by atoms with Crippen LogP contribution >= 0.6 is 0 Å². The molecule has 0 unspecified atom stereocenters. The van der Waals surface area contributed by atoms with Crippen LogP contribution in [0.15, 0.2) is 59.8 Å². The number of carbonyl (C=O) groups is 1. The van der Waals surface area contributed by atoms with E-state index in [0.29, 0.717) is 12.2 Å². The van der Waals surface area contributed by atoms with E-state index in [-0.39, 0.29) is 18.7 Å². The number of benzene rings is 2. The number of hydrogen-bond donors (Lipinski definition) is 0. The highest BCUT2D eigenvalue weighted by atomic mass is 16.7. The molecule has 29 heavy (non-hydrogen) atoms. The fourth-order valence-electron chi connectivity index (χ4n) is 3.81. The predicted molar refractivity (Wildman–Crippen MR) is 107 cm³/mol. The third-order valence-electron chi connectivity index (χ3n) is 5.26. The van der Waals surface area contributed by atoms with Crippen molar-refractivity contribution in [1.29, 1.82) is 0 Å². The Hall–Kier alpha value is -3.61. The van der Waals surface area contributed by atoms with Crippen molar-refractivity contribution in [3.63, 3.8) is 0 Å². The Labute approximate surface area is 168 Å². The van der Waals surface area contributed by atoms with E-state index >= 15 is 0 Å². The topological polar surface area (TPSA) is 69.0 Å². The first-order valence-corrected chi connectivity index (χ1v) is 9.49. The van der Waals surface area contributed by atoms with Crippen LogP contribution in [-0.2, 0) is 4.79 Å². The summed E-state index contributed by atoms with van der Waals surface area (Å²) in [7, 11) is 0. The molecule has 1 atom stereocenters. The number of fused-ring (bicyclic) bond motifs is 1. The van der Waals surface area contributed by atoms with Crippen LogP contribution in [0, 0.1) is 6.92 Å². The fourth-order valence-corrected chi connectivity index (χ4v) is 3.81. The highest BCUT2D eigenvalue weighted by molar-refractivity contribution is 6.03. The Morgan fingerprint density at radius 1 is 1.10 bits per heavy atom. The largest absolute Gasteiger partial charge is 0.454 e. The molecule has 1 amide bonds. The first-order chi connectivity index (χ1) is 14.1. The summed E-state index contributed by atoms with van der Waals surface area (Å²) in [6.45, 7) is 3.73. The summed E-state index contributed by atoms with van der Waals surface area (Å²) in [6, 6.07) is 15.5. The summed E-state index contributed by atoms with van der Waals surface area (Å²) in [4.78, 5) is 12.3. The SMILES string of the molecule is CC(=O)N1N=C(c2ccc3c(c2)OCO3)C[C@H]1c1cn(-c2ccccc2)nc1C. The zero-order chi connectivity index (χ0) is 20.0. The van der Waals surface area contributed by atoms with E-state index < -0.39 is 0 Å². The second-order valence-corrected chi connectivity index (χ2v) is 7.15. The molecule has 7 heteroatoms. The van der Waals surface area contributed by atoms with Crippen molar-refractivity contribution in [3.05, 3.63) is 71.5 Å². The lowest BCUT2D eigenvalue weighted by Gasteiger charge is -2.19.